The standard InChI is InChI=1S/C16H18FNO2/c1-11(13-5-3-4-12(8-13)10-19)18-16-9-14(20-2)6-7-15(16)17/h3-9,11,18-19H,10H2,1-2H3. The monoisotopic (exact) mass is 275 g/mol. The molecule has 0 fully saturated rings. The fraction of sp³-hybridized carbons (Fsp3) is 0.250. The van der Waals surface area contributed by atoms with Crippen LogP contribution in [0.5, 0.6) is 5.75 Å². The molecule has 0 aromatic heterocycles. The number of hydrogen-bond acceptors (Lipinski definition) is 3. The van der Waals surface area contributed by atoms with Gasteiger partial charge < -0.3 is 15.2 Å². The van der Waals surface area contributed by atoms with E-state index < -0.39 is 0 Å². The molecule has 0 saturated heterocycles. The largest absolute Gasteiger partial charge is 0.497 e. The molecule has 0 aliphatic carbocycles. The van der Waals surface area contributed by atoms with Crippen LogP contribution in [0.3, 0.4) is 0 Å². The number of methoxy groups -OCH3 is 1. The predicted octanol–water partition coefficient (Wildman–Crippen LogP) is 3.50. The van der Waals surface area contributed by atoms with Crippen molar-refractivity contribution in [3.05, 3.63) is 59.4 Å². The van der Waals surface area contributed by atoms with Crippen LogP contribution in [0.1, 0.15) is 24.1 Å². The highest BCUT2D eigenvalue weighted by Gasteiger charge is 2.10. The second-order valence-electron chi connectivity index (χ2n) is 4.61. The molecule has 106 valence electrons. The summed E-state index contributed by atoms with van der Waals surface area (Å²) in [6.45, 7) is 1.93. The van der Waals surface area contributed by atoms with Crippen molar-refractivity contribution in [3.8, 4) is 5.75 Å². The first-order valence-corrected chi connectivity index (χ1v) is 6.44. The van der Waals surface area contributed by atoms with E-state index >= 15 is 0 Å². The summed E-state index contributed by atoms with van der Waals surface area (Å²) < 4.78 is 18.9. The second-order valence-corrected chi connectivity index (χ2v) is 4.61. The van der Waals surface area contributed by atoms with Crippen LogP contribution >= 0.6 is 0 Å². The molecule has 0 bridgehead atoms. The maximum Gasteiger partial charge on any atom is 0.146 e. The van der Waals surface area contributed by atoms with E-state index in [-0.39, 0.29) is 18.5 Å². The van der Waals surface area contributed by atoms with Crippen molar-refractivity contribution < 1.29 is 14.2 Å². The second kappa shape index (κ2) is 6.39. The van der Waals surface area contributed by atoms with Crippen molar-refractivity contribution in [2.45, 2.75) is 19.6 Å². The Hall–Kier alpha value is -2.07. The molecule has 1 unspecified atom stereocenters. The van der Waals surface area contributed by atoms with Gasteiger partial charge >= 0.3 is 0 Å². The number of aliphatic hydroxyl groups excluding tert-OH is 1. The predicted molar refractivity (Wildman–Crippen MR) is 77.4 cm³/mol. The molecule has 0 saturated carbocycles. The molecule has 2 rings (SSSR count). The zero-order valence-corrected chi connectivity index (χ0v) is 11.6. The zero-order chi connectivity index (χ0) is 14.5. The van der Waals surface area contributed by atoms with E-state index in [1.54, 1.807) is 19.2 Å². The molecule has 0 aliphatic heterocycles. The topological polar surface area (TPSA) is 41.5 Å². The van der Waals surface area contributed by atoms with Crippen LogP contribution in [0.25, 0.3) is 0 Å². The first kappa shape index (κ1) is 14.3. The summed E-state index contributed by atoms with van der Waals surface area (Å²) in [6, 6.07) is 12.1. The highest BCUT2D eigenvalue weighted by Crippen LogP contribution is 2.26. The minimum atomic E-state index is -0.323. The Morgan fingerprint density at radius 3 is 2.75 bits per heavy atom. The third-order valence-corrected chi connectivity index (χ3v) is 3.18. The highest BCUT2D eigenvalue weighted by atomic mass is 19.1. The van der Waals surface area contributed by atoms with E-state index in [4.69, 9.17) is 9.84 Å². The number of anilines is 1. The van der Waals surface area contributed by atoms with E-state index in [2.05, 4.69) is 5.32 Å². The quantitative estimate of drug-likeness (QED) is 0.877. The van der Waals surface area contributed by atoms with Gasteiger partial charge in [0, 0.05) is 12.1 Å². The summed E-state index contributed by atoms with van der Waals surface area (Å²) in [5.41, 5.74) is 2.22. The summed E-state index contributed by atoms with van der Waals surface area (Å²) in [5, 5.41) is 12.3. The van der Waals surface area contributed by atoms with Gasteiger partial charge in [-0.3, -0.25) is 0 Å². The van der Waals surface area contributed by atoms with Crippen molar-refractivity contribution in [3.63, 3.8) is 0 Å². The molecule has 2 N–H and O–H groups in total. The van der Waals surface area contributed by atoms with Crippen molar-refractivity contribution >= 4 is 5.69 Å². The number of aliphatic hydroxyl groups is 1. The molecule has 2 aromatic carbocycles. The fourth-order valence-corrected chi connectivity index (χ4v) is 2.02. The number of halogens is 1. The Balaban J connectivity index is 2.20. The Morgan fingerprint density at radius 2 is 2.05 bits per heavy atom. The molecule has 20 heavy (non-hydrogen) atoms. The first-order valence-electron chi connectivity index (χ1n) is 6.44. The van der Waals surface area contributed by atoms with Crippen LogP contribution in [-0.2, 0) is 6.61 Å². The van der Waals surface area contributed by atoms with Crippen LogP contribution in [0.4, 0.5) is 10.1 Å². The van der Waals surface area contributed by atoms with Gasteiger partial charge in [0.15, 0.2) is 0 Å². The van der Waals surface area contributed by atoms with Gasteiger partial charge in [0.05, 0.1) is 19.4 Å². The van der Waals surface area contributed by atoms with Crippen molar-refractivity contribution in [1.29, 1.82) is 0 Å². The SMILES string of the molecule is COc1ccc(F)c(NC(C)c2cccc(CO)c2)c1. The number of ether oxygens (including phenoxy) is 1. The summed E-state index contributed by atoms with van der Waals surface area (Å²) in [4.78, 5) is 0. The highest BCUT2D eigenvalue weighted by molar-refractivity contribution is 5.51. The average molecular weight is 275 g/mol. The van der Waals surface area contributed by atoms with Crippen LogP contribution < -0.4 is 10.1 Å². The molecule has 0 aliphatic rings. The molecule has 4 heteroatoms. The lowest BCUT2D eigenvalue weighted by Gasteiger charge is -2.17. The molecule has 0 heterocycles. The number of rotatable bonds is 5. The Bertz CT molecular complexity index is 586. The minimum absolute atomic E-state index is 0.00587. The van der Waals surface area contributed by atoms with Gasteiger partial charge in [-0.15, -0.1) is 0 Å². The lowest BCUT2D eigenvalue weighted by molar-refractivity contribution is 0.281. The minimum Gasteiger partial charge on any atom is -0.497 e. The molecule has 0 amide bonds. The molecule has 3 nitrogen and oxygen atoms in total. The van der Waals surface area contributed by atoms with Gasteiger partial charge in [-0.25, -0.2) is 4.39 Å². The summed E-state index contributed by atoms with van der Waals surface area (Å²) in [5.74, 6) is 0.279. The Kier molecular flexibility index (Phi) is 4.58. The first-order chi connectivity index (χ1) is 9.63. The van der Waals surface area contributed by atoms with E-state index in [0.717, 1.165) is 11.1 Å². The van der Waals surface area contributed by atoms with E-state index in [0.29, 0.717) is 11.4 Å². The summed E-state index contributed by atoms with van der Waals surface area (Å²) in [6.07, 6.45) is 0. The Morgan fingerprint density at radius 1 is 1.25 bits per heavy atom. The van der Waals surface area contributed by atoms with Crippen LogP contribution in [0, 0.1) is 5.82 Å². The smallest absolute Gasteiger partial charge is 0.146 e. The molecule has 1 atom stereocenters. The van der Waals surface area contributed by atoms with E-state index in [1.165, 1.54) is 6.07 Å². The molecule has 2 aromatic rings. The van der Waals surface area contributed by atoms with Gasteiger partial charge in [0.1, 0.15) is 11.6 Å². The van der Waals surface area contributed by atoms with Crippen LogP contribution in [0.15, 0.2) is 42.5 Å². The van der Waals surface area contributed by atoms with Gasteiger partial charge in [0.25, 0.3) is 0 Å². The Labute approximate surface area is 118 Å². The average Bonchev–Trinajstić information content (AvgIpc) is 2.49. The van der Waals surface area contributed by atoms with Crippen molar-refractivity contribution in [2.24, 2.45) is 0 Å². The summed E-state index contributed by atoms with van der Waals surface area (Å²) in [7, 11) is 1.55. The normalized spacial score (nSPS) is 12.0. The van der Waals surface area contributed by atoms with Crippen LogP contribution in [0.2, 0.25) is 0 Å². The maximum absolute atomic E-state index is 13.8. The van der Waals surface area contributed by atoms with Crippen LogP contribution in [-0.4, -0.2) is 12.2 Å². The zero-order valence-electron chi connectivity index (χ0n) is 11.6. The third kappa shape index (κ3) is 3.27. The lowest BCUT2D eigenvalue weighted by Crippen LogP contribution is -2.08. The maximum atomic E-state index is 13.8. The number of nitrogens with one attached hydrogen (secondary N) is 1. The number of hydrogen-bond donors (Lipinski definition) is 2. The van der Waals surface area contributed by atoms with Gasteiger partial charge in [-0.2, -0.15) is 0 Å². The molecular weight excluding hydrogens is 257 g/mol. The van der Waals surface area contributed by atoms with Gasteiger partial charge in [-0.05, 0) is 30.2 Å². The number of benzene rings is 2. The van der Waals surface area contributed by atoms with Crippen molar-refractivity contribution in [2.75, 3.05) is 12.4 Å². The van der Waals surface area contributed by atoms with Gasteiger partial charge in [0.2, 0.25) is 0 Å². The third-order valence-electron chi connectivity index (χ3n) is 3.18. The lowest BCUT2D eigenvalue weighted by atomic mass is 10.1. The van der Waals surface area contributed by atoms with E-state index in [9.17, 15) is 4.39 Å². The van der Waals surface area contributed by atoms with Gasteiger partial charge in [-0.1, -0.05) is 24.3 Å². The summed E-state index contributed by atoms with van der Waals surface area (Å²) >= 11 is 0. The van der Waals surface area contributed by atoms with Crippen molar-refractivity contribution in [1.82, 2.24) is 0 Å². The molecule has 0 spiro atoms. The molecular formula is C16H18FNO2. The fourth-order valence-electron chi connectivity index (χ4n) is 2.02. The van der Waals surface area contributed by atoms with E-state index in [1.807, 2.05) is 31.2 Å². The molecule has 0 radical (unpaired) electrons.